The molecule has 0 aromatic heterocycles. The second-order valence-electron chi connectivity index (χ2n) is 3.93. The molecule has 0 aliphatic carbocycles. The van der Waals surface area contributed by atoms with Gasteiger partial charge in [-0.1, -0.05) is 29.3 Å². The van der Waals surface area contributed by atoms with Crippen molar-refractivity contribution in [1.82, 2.24) is 0 Å². The lowest BCUT2D eigenvalue weighted by molar-refractivity contribution is 0.0697. The molecule has 4 nitrogen and oxygen atoms in total. The number of anilines is 1. The van der Waals surface area contributed by atoms with Gasteiger partial charge in [-0.15, -0.1) is 0 Å². The van der Waals surface area contributed by atoms with E-state index in [4.69, 9.17) is 9.84 Å². The zero-order chi connectivity index (χ0) is 13.4. The number of carboxylic acid groups (broad SMARTS) is 1. The van der Waals surface area contributed by atoms with Crippen LogP contribution in [0.5, 0.6) is 0 Å². The minimum atomic E-state index is -0.932. The highest BCUT2D eigenvalue weighted by Gasteiger charge is 2.05. The van der Waals surface area contributed by atoms with E-state index in [9.17, 15) is 4.79 Å². The third-order valence-corrected chi connectivity index (χ3v) is 2.82. The van der Waals surface area contributed by atoms with Gasteiger partial charge in [0.15, 0.2) is 0 Å². The maximum absolute atomic E-state index is 10.9. The number of benzene rings is 1. The Hall–Kier alpha value is -1.07. The SMILES string of the molecule is CCCCOCCNc1cc(Br)cc(C(=O)O)c1. The molecule has 1 rings (SSSR count). The number of hydrogen-bond acceptors (Lipinski definition) is 3. The van der Waals surface area contributed by atoms with Gasteiger partial charge in [0.1, 0.15) is 0 Å². The summed E-state index contributed by atoms with van der Waals surface area (Å²) in [6, 6.07) is 5.03. The number of carbonyl (C=O) groups is 1. The summed E-state index contributed by atoms with van der Waals surface area (Å²) >= 11 is 3.29. The first kappa shape index (κ1) is 15.0. The molecule has 0 fully saturated rings. The molecule has 0 saturated heterocycles. The first-order valence-electron chi connectivity index (χ1n) is 5.99. The van der Waals surface area contributed by atoms with Crippen LogP contribution in [0, 0.1) is 0 Å². The van der Waals surface area contributed by atoms with Crippen LogP contribution in [-0.4, -0.2) is 30.8 Å². The Kier molecular flexibility index (Phi) is 6.75. The van der Waals surface area contributed by atoms with Crippen molar-refractivity contribution < 1.29 is 14.6 Å². The zero-order valence-electron chi connectivity index (χ0n) is 10.4. The maximum atomic E-state index is 10.9. The van der Waals surface area contributed by atoms with Gasteiger partial charge in [0.25, 0.3) is 0 Å². The highest BCUT2D eigenvalue weighted by atomic mass is 79.9. The van der Waals surface area contributed by atoms with Gasteiger partial charge in [0, 0.05) is 23.3 Å². The van der Waals surface area contributed by atoms with E-state index in [-0.39, 0.29) is 5.56 Å². The number of ether oxygens (including phenoxy) is 1. The molecule has 0 bridgehead atoms. The zero-order valence-corrected chi connectivity index (χ0v) is 12.0. The van der Waals surface area contributed by atoms with E-state index in [0.717, 1.165) is 29.6 Å². The minimum Gasteiger partial charge on any atom is -0.478 e. The number of unbranched alkanes of at least 4 members (excludes halogenated alkanes) is 1. The molecule has 2 N–H and O–H groups in total. The summed E-state index contributed by atoms with van der Waals surface area (Å²) in [7, 11) is 0. The molecule has 5 heteroatoms. The quantitative estimate of drug-likeness (QED) is 0.722. The van der Waals surface area contributed by atoms with Crippen molar-refractivity contribution in [3.8, 4) is 0 Å². The van der Waals surface area contributed by atoms with Crippen molar-refractivity contribution in [2.45, 2.75) is 19.8 Å². The fraction of sp³-hybridized carbons (Fsp3) is 0.462. The van der Waals surface area contributed by atoms with Crippen molar-refractivity contribution in [3.05, 3.63) is 28.2 Å². The normalized spacial score (nSPS) is 10.3. The summed E-state index contributed by atoms with van der Waals surface area (Å²) in [6.07, 6.45) is 2.20. The van der Waals surface area contributed by atoms with E-state index in [1.165, 1.54) is 0 Å². The summed E-state index contributed by atoms with van der Waals surface area (Å²) in [6.45, 7) is 4.18. The average Bonchev–Trinajstić information content (AvgIpc) is 2.33. The lowest BCUT2D eigenvalue weighted by Crippen LogP contribution is -2.10. The smallest absolute Gasteiger partial charge is 0.335 e. The molecule has 18 heavy (non-hydrogen) atoms. The molecular weight excluding hydrogens is 298 g/mol. The Bertz CT molecular complexity index is 396. The Morgan fingerprint density at radius 1 is 1.39 bits per heavy atom. The molecule has 100 valence electrons. The van der Waals surface area contributed by atoms with Gasteiger partial charge in [-0.05, 0) is 24.6 Å². The Morgan fingerprint density at radius 2 is 2.17 bits per heavy atom. The largest absolute Gasteiger partial charge is 0.478 e. The average molecular weight is 316 g/mol. The van der Waals surface area contributed by atoms with E-state index in [2.05, 4.69) is 28.2 Å². The summed E-state index contributed by atoms with van der Waals surface area (Å²) in [5.74, 6) is -0.932. The molecule has 0 heterocycles. The van der Waals surface area contributed by atoms with Crippen LogP contribution < -0.4 is 5.32 Å². The molecule has 0 radical (unpaired) electrons. The molecule has 0 unspecified atom stereocenters. The number of halogens is 1. The van der Waals surface area contributed by atoms with E-state index >= 15 is 0 Å². The molecule has 0 amide bonds. The summed E-state index contributed by atoms with van der Waals surface area (Å²) in [4.78, 5) is 10.9. The molecule has 0 atom stereocenters. The van der Waals surface area contributed by atoms with Crippen LogP contribution in [0.25, 0.3) is 0 Å². The Labute approximate surface area is 115 Å². The lowest BCUT2D eigenvalue weighted by atomic mass is 10.2. The van der Waals surface area contributed by atoms with Gasteiger partial charge in [-0.3, -0.25) is 0 Å². The standard InChI is InChI=1S/C13H18BrNO3/c1-2-3-5-18-6-4-15-12-8-10(13(16)17)7-11(14)9-12/h7-9,15H,2-6H2,1H3,(H,16,17). The number of carboxylic acids is 1. The summed E-state index contributed by atoms with van der Waals surface area (Å²) in [5.41, 5.74) is 1.04. The molecular formula is C13H18BrNO3. The number of nitrogens with one attached hydrogen (secondary N) is 1. The first-order valence-corrected chi connectivity index (χ1v) is 6.78. The van der Waals surface area contributed by atoms with Crippen LogP contribution in [0.1, 0.15) is 30.1 Å². The van der Waals surface area contributed by atoms with Crippen molar-refractivity contribution in [2.24, 2.45) is 0 Å². The second kappa shape index (κ2) is 8.11. The Morgan fingerprint density at radius 3 is 2.83 bits per heavy atom. The predicted octanol–water partition coefficient (Wildman–Crippen LogP) is 3.38. The van der Waals surface area contributed by atoms with E-state index < -0.39 is 5.97 Å². The van der Waals surface area contributed by atoms with Gasteiger partial charge in [-0.2, -0.15) is 0 Å². The lowest BCUT2D eigenvalue weighted by Gasteiger charge is -2.08. The minimum absolute atomic E-state index is 0.263. The maximum Gasteiger partial charge on any atom is 0.335 e. The second-order valence-corrected chi connectivity index (χ2v) is 4.84. The monoisotopic (exact) mass is 315 g/mol. The van der Waals surface area contributed by atoms with E-state index in [1.54, 1.807) is 12.1 Å². The highest BCUT2D eigenvalue weighted by Crippen LogP contribution is 2.19. The van der Waals surface area contributed by atoms with Crippen LogP contribution in [-0.2, 0) is 4.74 Å². The van der Waals surface area contributed by atoms with Gasteiger partial charge in [0.2, 0.25) is 0 Å². The molecule has 0 saturated carbocycles. The van der Waals surface area contributed by atoms with Crippen molar-refractivity contribution in [2.75, 3.05) is 25.1 Å². The van der Waals surface area contributed by atoms with Crippen LogP contribution in [0.3, 0.4) is 0 Å². The molecule has 1 aromatic rings. The summed E-state index contributed by atoms with van der Waals surface area (Å²) < 4.78 is 6.16. The molecule has 0 aliphatic rings. The molecule has 1 aromatic carbocycles. The van der Waals surface area contributed by atoms with Gasteiger partial charge in [-0.25, -0.2) is 4.79 Å². The summed E-state index contributed by atoms with van der Waals surface area (Å²) in [5, 5.41) is 12.1. The van der Waals surface area contributed by atoms with Gasteiger partial charge in [0.05, 0.1) is 12.2 Å². The fourth-order valence-corrected chi connectivity index (χ4v) is 1.92. The molecule has 0 aliphatic heterocycles. The van der Waals surface area contributed by atoms with Crippen molar-refractivity contribution in [3.63, 3.8) is 0 Å². The van der Waals surface area contributed by atoms with E-state index in [0.29, 0.717) is 13.2 Å². The third kappa shape index (κ3) is 5.51. The number of hydrogen-bond donors (Lipinski definition) is 2. The fourth-order valence-electron chi connectivity index (χ4n) is 1.43. The van der Waals surface area contributed by atoms with Crippen molar-refractivity contribution >= 4 is 27.6 Å². The predicted molar refractivity (Wildman–Crippen MR) is 75.3 cm³/mol. The third-order valence-electron chi connectivity index (χ3n) is 2.36. The molecule has 0 spiro atoms. The van der Waals surface area contributed by atoms with Crippen LogP contribution in [0.15, 0.2) is 22.7 Å². The topological polar surface area (TPSA) is 58.6 Å². The number of rotatable bonds is 8. The van der Waals surface area contributed by atoms with Crippen LogP contribution in [0.2, 0.25) is 0 Å². The van der Waals surface area contributed by atoms with Crippen molar-refractivity contribution in [1.29, 1.82) is 0 Å². The van der Waals surface area contributed by atoms with Gasteiger partial charge < -0.3 is 15.2 Å². The van der Waals surface area contributed by atoms with Crippen LogP contribution >= 0.6 is 15.9 Å². The Balaban J connectivity index is 2.40. The first-order chi connectivity index (χ1) is 8.63. The van der Waals surface area contributed by atoms with E-state index in [1.807, 2.05) is 6.07 Å². The van der Waals surface area contributed by atoms with Gasteiger partial charge >= 0.3 is 5.97 Å². The highest BCUT2D eigenvalue weighted by molar-refractivity contribution is 9.10. The number of aromatic carboxylic acids is 1. The van der Waals surface area contributed by atoms with Crippen LogP contribution in [0.4, 0.5) is 5.69 Å².